The number of phenols is 1. The minimum Gasteiger partial charge on any atom is -0.508 e. The molecule has 2 bridgehead atoms. The molecule has 4 atom stereocenters. The van der Waals surface area contributed by atoms with E-state index in [4.69, 9.17) is 0 Å². The molecule has 4 fully saturated rings. The van der Waals surface area contributed by atoms with E-state index in [1.165, 1.54) is 0 Å². The second kappa shape index (κ2) is 6.23. The fraction of sp³-hybridized carbons (Fsp3) is 0.667. The van der Waals surface area contributed by atoms with Crippen molar-refractivity contribution in [3.05, 3.63) is 29.3 Å². The predicted octanol–water partition coefficient (Wildman–Crippen LogP) is 1.80. The molecule has 2 heterocycles. The van der Waals surface area contributed by atoms with Gasteiger partial charge < -0.3 is 20.0 Å². The number of amides is 3. The van der Waals surface area contributed by atoms with Gasteiger partial charge in [0.2, 0.25) is 0 Å². The Morgan fingerprint density at radius 2 is 1.97 bits per heavy atom. The SMILES string of the molecule is CN1CCC23Cc4cc(O)ccc4CC1C2(O)CCC1(C3)C(=O)NC(=O)N1CC1CC1. The van der Waals surface area contributed by atoms with Gasteiger partial charge in [-0.05, 0) is 94.1 Å². The highest BCUT2D eigenvalue weighted by molar-refractivity contribution is 6.07. The highest BCUT2D eigenvalue weighted by atomic mass is 16.3. The number of aliphatic hydroxyl groups is 1. The van der Waals surface area contributed by atoms with Gasteiger partial charge in [-0.2, -0.15) is 0 Å². The summed E-state index contributed by atoms with van der Waals surface area (Å²) in [5, 5.41) is 25.1. The summed E-state index contributed by atoms with van der Waals surface area (Å²) >= 11 is 0. The number of likely N-dealkylation sites (tertiary alicyclic amines) is 1. The molecular formula is C24H31N3O4. The van der Waals surface area contributed by atoms with Gasteiger partial charge in [-0.3, -0.25) is 10.1 Å². The van der Waals surface area contributed by atoms with Crippen molar-refractivity contribution in [3.63, 3.8) is 0 Å². The summed E-state index contributed by atoms with van der Waals surface area (Å²) in [6, 6.07) is 5.22. The van der Waals surface area contributed by atoms with E-state index >= 15 is 0 Å². The molecule has 1 aromatic rings. The molecule has 3 aliphatic carbocycles. The number of likely N-dealkylation sites (N-methyl/N-ethyl adjacent to an activating group) is 1. The number of urea groups is 1. The molecule has 7 heteroatoms. The van der Waals surface area contributed by atoms with Gasteiger partial charge in [-0.25, -0.2) is 4.79 Å². The molecule has 166 valence electrons. The molecule has 7 nitrogen and oxygen atoms in total. The normalized spacial score (nSPS) is 39.8. The first-order valence-electron chi connectivity index (χ1n) is 11.6. The van der Waals surface area contributed by atoms with Crippen LogP contribution in [0.4, 0.5) is 4.79 Å². The van der Waals surface area contributed by atoms with Gasteiger partial charge in [0.15, 0.2) is 0 Å². The Bertz CT molecular complexity index is 978. The first-order valence-corrected chi connectivity index (χ1v) is 11.6. The number of rotatable bonds is 2. The molecule has 0 aromatic heterocycles. The summed E-state index contributed by atoms with van der Waals surface area (Å²) < 4.78 is 0. The highest BCUT2D eigenvalue weighted by Crippen LogP contribution is 2.60. The van der Waals surface area contributed by atoms with Gasteiger partial charge in [0.1, 0.15) is 11.3 Å². The number of phenolic OH excluding ortho intramolecular Hbond substituents is 1. The van der Waals surface area contributed by atoms with Gasteiger partial charge in [0.05, 0.1) is 5.60 Å². The number of nitrogens with one attached hydrogen (secondary N) is 1. The van der Waals surface area contributed by atoms with Crippen LogP contribution in [-0.2, 0) is 17.6 Å². The van der Waals surface area contributed by atoms with Crippen LogP contribution in [0.25, 0.3) is 0 Å². The number of carbonyl (C=O) groups is 2. The number of imide groups is 1. The minimum atomic E-state index is -0.933. The monoisotopic (exact) mass is 425 g/mol. The second-order valence-corrected chi connectivity index (χ2v) is 10.8. The van der Waals surface area contributed by atoms with Crippen molar-refractivity contribution in [1.29, 1.82) is 0 Å². The summed E-state index contributed by atoms with van der Waals surface area (Å²) in [5.41, 5.74) is -0.0861. The Morgan fingerprint density at radius 3 is 2.74 bits per heavy atom. The summed E-state index contributed by atoms with van der Waals surface area (Å²) in [5.74, 6) is 0.535. The van der Waals surface area contributed by atoms with Crippen LogP contribution in [-0.4, -0.2) is 69.3 Å². The van der Waals surface area contributed by atoms with Crippen molar-refractivity contribution in [2.24, 2.45) is 11.3 Å². The van der Waals surface area contributed by atoms with Gasteiger partial charge in [0, 0.05) is 18.0 Å². The van der Waals surface area contributed by atoms with E-state index < -0.39 is 16.6 Å². The van der Waals surface area contributed by atoms with Gasteiger partial charge >= 0.3 is 6.03 Å². The fourth-order valence-electron chi connectivity index (χ4n) is 7.22. The minimum absolute atomic E-state index is 0.0403. The Balaban J connectivity index is 1.47. The van der Waals surface area contributed by atoms with Gasteiger partial charge in [0.25, 0.3) is 5.91 Å². The van der Waals surface area contributed by atoms with Crippen LogP contribution in [0.15, 0.2) is 18.2 Å². The number of benzene rings is 1. The first kappa shape index (κ1) is 19.6. The van der Waals surface area contributed by atoms with Crippen LogP contribution in [0.5, 0.6) is 5.75 Å². The van der Waals surface area contributed by atoms with Crippen molar-refractivity contribution < 1.29 is 19.8 Å². The molecule has 4 unspecified atom stereocenters. The van der Waals surface area contributed by atoms with Crippen LogP contribution in [0.2, 0.25) is 0 Å². The van der Waals surface area contributed by atoms with Crippen molar-refractivity contribution in [1.82, 2.24) is 15.1 Å². The Morgan fingerprint density at radius 1 is 1.16 bits per heavy atom. The number of aromatic hydroxyl groups is 1. The van der Waals surface area contributed by atoms with Gasteiger partial charge in [-0.1, -0.05) is 6.07 Å². The molecule has 1 spiro atoms. The summed E-state index contributed by atoms with van der Waals surface area (Å²) in [7, 11) is 2.08. The molecular weight excluding hydrogens is 394 g/mol. The zero-order valence-electron chi connectivity index (χ0n) is 18.1. The molecule has 31 heavy (non-hydrogen) atoms. The quantitative estimate of drug-likeness (QED) is 0.629. The van der Waals surface area contributed by atoms with Gasteiger partial charge in [-0.15, -0.1) is 0 Å². The van der Waals surface area contributed by atoms with Crippen LogP contribution >= 0.6 is 0 Å². The fourth-order valence-corrected chi connectivity index (χ4v) is 7.22. The molecule has 3 amide bonds. The molecule has 6 rings (SSSR count). The third kappa shape index (κ3) is 2.59. The average Bonchev–Trinajstić information content (AvgIpc) is 3.51. The topological polar surface area (TPSA) is 93.1 Å². The Labute approximate surface area is 182 Å². The number of piperidine rings is 1. The van der Waals surface area contributed by atoms with Crippen LogP contribution in [0.1, 0.15) is 49.7 Å². The van der Waals surface area contributed by atoms with Crippen LogP contribution in [0, 0.1) is 11.3 Å². The van der Waals surface area contributed by atoms with E-state index in [0.29, 0.717) is 38.1 Å². The predicted molar refractivity (Wildman–Crippen MR) is 113 cm³/mol. The van der Waals surface area contributed by atoms with Crippen LogP contribution < -0.4 is 5.32 Å². The lowest BCUT2D eigenvalue weighted by atomic mass is 9.51. The zero-order chi connectivity index (χ0) is 21.6. The smallest absolute Gasteiger partial charge is 0.325 e. The van der Waals surface area contributed by atoms with E-state index in [0.717, 1.165) is 43.4 Å². The lowest BCUT2D eigenvalue weighted by molar-refractivity contribution is -0.207. The van der Waals surface area contributed by atoms with E-state index in [9.17, 15) is 19.8 Å². The number of carbonyl (C=O) groups excluding carboxylic acids is 2. The van der Waals surface area contributed by atoms with E-state index in [2.05, 4.69) is 17.3 Å². The van der Waals surface area contributed by atoms with E-state index in [1.807, 2.05) is 17.0 Å². The number of hydrogen-bond donors (Lipinski definition) is 3. The molecule has 0 radical (unpaired) electrons. The summed E-state index contributed by atoms with van der Waals surface area (Å²) in [4.78, 5) is 30.1. The summed E-state index contributed by atoms with van der Waals surface area (Å²) in [6.45, 7) is 1.48. The molecule has 1 aromatic carbocycles. The standard InChI is InChI=1S/C24H31N3O4/c1-26-9-8-22-12-17-10-18(28)5-4-16(17)11-19(26)24(22,31)7-6-23(14-22)20(29)25-21(30)27(23)13-15-2-3-15/h4-5,10,15,19,28,31H,2-3,6-9,11-14H2,1H3,(H,25,29,30). The maximum Gasteiger partial charge on any atom is 0.325 e. The number of nitrogens with zero attached hydrogens (tertiary/aromatic N) is 2. The lowest BCUT2D eigenvalue weighted by Crippen LogP contribution is -2.72. The second-order valence-electron chi connectivity index (χ2n) is 10.8. The number of hydrogen-bond acceptors (Lipinski definition) is 5. The third-order valence-corrected chi connectivity index (χ3v) is 9.17. The summed E-state index contributed by atoms with van der Waals surface area (Å²) in [6.07, 6.45) is 5.84. The van der Waals surface area contributed by atoms with Crippen LogP contribution in [0.3, 0.4) is 0 Å². The molecule has 2 saturated heterocycles. The van der Waals surface area contributed by atoms with E-state index in [1.54, 1.807) is 6.07 Å². The largest absolute Gasteiger partial charge is 0.508 e. The molecule has 3 N–H and O–H groups in total. The van der Waals surface area contributed by atoms with E-state index in [-0.39, 0.29) is 23.7 Å². The number of fused-ring (bicyclic) bond motifs is 1. The van der Waals surface area contributed by atoms with Crippen molar-refractivity contribution in [2.45, 2.75) is 68.5 Å². The molecule has 2 aliphatic heterocycles. The first-order chi connectivity index (χ1) is 14.8. The Kier molecular flexibility index (Phi) is 3.93. The maximum atomic E-state index is 13.3. The van der Waals surface area contributed by atoms with Crippen molar-refractivity contribution in [3.8, 4) is 5.75 Å². The molecule has 2 saturated carbocycles. The lowest BCUT2D eigenvalue weighted by Gasteiger charge is -2.62. The zero-order valence-corrected chi connectivity index (χ0v) is 18.1. The Hall–Kier alpha value is -2.12. The maximum absolute atomic E-state index is 13.3. The van der Waals surface area contributed by atoms with Crippen molar-refractivity contribution in [2.75, 3.05) is 20.1 Å². The highest BCUT2D eigenvalue weighted by Gasteiger charge is 2.69. The van der Waals surface area contributed by atoms with Crippen molar-refractivity contribution >= 4 is 11.9 Å². The molecule has 5 aliphatic rings. The third-order valence-electron chi connectivity index (χ3n) is 9.17. The average molecular weight is 426 g/mol.